The molecular weight excluding hydrogens is 230 g/mol. The number of carboxylic acid groups (broad SMARTS) is 1. The number of hydrogen-bond acceptors (Lipinski definition) is 2. The van der Waals surface area contributed by atoms with E-state index in [0.29, 0.717) is 16.8 Å². The molecule has 0 aromatic heterocycles. The quantitative estimate of drug-likeness (QED) is 0.804. The van der Waals surface area contributed by atoms with Crippen LogP contribution in [-0.4, -0.2) is 17.0 Å². The Kier molecular flexibility index (Phi) is 4.66. The van der Waals surface area contributed by atoms with Gasteiger partial charge in [-0.3, -0.25) is 4.79 Å². The summed E-state index contributed by atoms with van der Waals surface area (Å²) in [6.45, 7) is 5.41. The average molecular weight is 247 g/mol. The lowest BCUT2D eigenvalue weighted by Crippen LogP contribution is -2.13. The number of carbonyl (C=O) groups excluding carboxylic acids is 1. The molecule has 1 rings (SSSR count). The second kappa shape index (κ2) is 6.00. The number of carboxylic acids is 1. The lowest BCUT2D eigenvalue weighted by molar-refractivity contribution is -0.112. The Balaban J connectivity index is 2.87. The molecule has 1 aromatic rings. The fraction of sp³-hybridized carbons (Fsp3) is 0.286. The Morgan fingerprint density at radius 3 is 2.56 bits per heavy atom. The lowest BCUT2D eigenvalue weighted by Gasteiger charge is -2.08. The van der Waals surface area contributed by atoms with E-state index < -0.39 is 5.97 Å². The molecule has 4 heteroatoms. The minimum atomic E-state index is -0.965. The summed E-state index contributed by atoms with van der Waals surface area (Å²) >= 11 is 0. The van der Waals surface area contributed by atoms with Gasteiger partial charge >= 0.3 is 5.97 Å². The van der Waals surface area contributed by atoms with Crippen molar-refractivity contribution in [2.24, 2.45) is 0 Å². The van der Waals surface area contributed by atoms with Gasteiger partial charge in [0.25, 0.3) is 5.91 Å². The molecule has 96 valence electrons. The zero-order valence-electron chi connectivity index (χ0n) is 10.8. The van der Waals surface area contributed by atoms with Crippen molar-refractivity contribution >= 4 is 17.6 Å². The molecule has 0 spiro atoms. The second-order valence-corrected chi connectivity index (χ2v) is 4.08. The average Bonchev–Trinajstić information content (AvgIpc) is 2.28. The van der Waals surface area contributed by atoms with E-state index in [1.54, 1.807) is 26.0 Å². The zero-order chi connectivity index (χ0) is 13.7. The number of benzene rings is 1. The van der Waals surface area contributed by atoms with Crippen LogP contribution in [0.2, 0.25) is 0 Å². The second-order valence-electron chi connectivity index (χ2n) is 4.08. The summed E-state index contributed by atoms with van der Waals surface area (Å²) in [6.07, 6.45) is 2.64. The number of aromatic carboxylic acids is 1. The molecular formula is C14H17NO3. The Morgan fingerprint density at radius 2 is 2.06 bits per heavy atom. The molecule has 0 bridgehead atoms. The number of anilines is 1. The number of hydrogen-bond donors (Lipinski definition) is 2. The van der Waals surface area contributed by atoms with E-state index in [-0.39, 0.29) is 11.5 Å². The van der Waals surface area contributed by atoms with Crippen molar-refractivity contribution in [1.82, 2.24) is 0 Å². The molecule has 0 aliphatic heterocycles. The van der Waals surface area contributed by atoms with Gasteiger partial charge in [-0.2, -0.15) is 0 Å². The van der Waals surface area contributed by atoms with E-state index >= 15 is 0 Å². The third kappa shape index (κ3) is 3.45. The van der Waals surface area contributed by atoms with E-state index in [9.17, 15) is 9.59 Å². The summed E-state index contributed by atoms with van der Waals surface area (Å²) < 4.78 is 0. The number of nitrogens with one attached hydrogen (secondary N) is 1. The summed E-state index contributed by atoms with van der Waals surface area (Å²) in [6, 6.07) is 4.74. The SMILES string of the molecule is CCC=C(C)C(=O)Nc1ccc(C(=O)O)c(C)c1. The predicted octanol–water partition coefficient (Wildman–Crippen LogP) is 2.99. The first-order valence-corrected chi connectivity index (χ1v) is 5.77. The van der Waals surface area contributed by atoms with Gasteiger partial charge in [-0.1, -0.05) is 13.0 Å². The summed E-state index contributed by atoms with van der Waals surface area (Å²) in [5, 5.41) is 11.6. The van der Waals surface area contributed by atoms with Crippen LogP contribution in [0.15, 0.2) is 29.8 Å². The molecule has 0 saturated carbocycles. The van der Waals surface area contributed by atoms with E-state index in [0.717, 1.165) is 6.42 Å². The Morgan fingerprint density at radius 1 is 1.39 bits per heavy atom. The summed E-state index contributed by atoms with van der Waals surface area (Å²) in [5.74, 6) is -1.13. The first-order valence-electron chi connectivity index (χ1n) is 5.77. The van der Waals surface area contributed by atoms with Crippen LogP contribution in [0.25, 0.3) is 0 Å². The van der Waals surface area contributed by atoms with E-state index in [1.165, 1.54) is 6.07 Å². The van der Waals surface area contributed by atoms with Crippen molar-refractivity contribution in [2.75, 3.05) is 5.32 Å². The van der Waals surface area contributed by atoms with Crippen LogP contribution >= 0.6 is 0 Å². The van der Waals surface area contributed by atoms with E-state index in [4.69, 9.17) is 5.11 Å². The van der Waals surface area contributed by atoms with E-state index in [2.05, 4.69) is 5.32 Å². The molecule has 0 radical (unpaired) electrons. The molecule has 18 heavy (non-hydrogen) atoms. The molecule has 4 nitrogen and oxygen atoms in total. The third-order valence-corrected chi connectivity index (χ3v) is 2.58. The smallest absolute Gasteiger partial charge is 0.335 e. The van der Waals surface area contributed by atoms with Crippen molar-refractivity contribution in [1.29, 1.82) is 0 Å². The molecule has 1 aromatic carbocycles. The lowest BCUT2D eigenvalue weighted by atomic mass is 10.1. The first kappa shape index (κ1) is 14.0. The number of carbonyl (C=O) groups is 2. The highest BCUT2D eigenvalue weighted by molar-refractivity contribution is 6.03. The third-order valence-electron chi connectivity index (χ3n) is 2.58. The summed E-state index contributed by atoms with van der Waals surface area (Å²) in [7, 11) is 0. The molecule has 0 fully saturated rings. The Hall–Kier alpha value is -2.10. The van der Waals surface area contributed by atoms with Crippen LogP contribution in [0.5, 0.6) is 0 Å². The van der Waals surface area contributed by atoms with Gasteiger partial charge in [-0.05, 0) is 44.0 Å². The fourth-order valence-electron chi connectivity index (χ4n) is 1.61. The highest BCUT2D eigenvalue weighted by atomic mass is 16.4. The van der Waals surface area contributed by atoms with Gasteiger partial charge in [0.15, 0.2) is 0 Å². The highest BCUT2D eigenvalue weighted by Crippen LogP contribution is 2.16. The number of allylic oxidation sites excluding steroid dienone is 1. The predicted molar refractivity (Wildman–Crippen MR) is 70.8 cm³/mol. The van der Waals surface area contributed by atoms with Gasteiger partial charge in [0.05, 0.1) is 5.56 Å². The van der Waals surface area contributed by atoms with Gasteiger partial charge in [0.2, 0.25) is 0 Å². The first-order chi connectivity index (χ1) is 8.45. The van der Waals surface area contributed by atoms with Gasteiger partial charge in [0, 0.05) is 11.3 Å². The molecule has 2 N–H and O–H groups in total. The number of amides is 1. The van der Waals surface area contributed by atoms with Gasteiger partial charge in [-0.15, -0.1) is 0 Å². The van der Waals surface area contributed by atoms with Crippen LogP contribution in [0, 0.1) is 6.92 Å². The van der Waals surface area contributed by atoms with Crippen LogP contribution in [-0.2, 0) is 4.79 Å². The normalized spacial score (nSPS) is 11.2. The molecule has 0 aliphatic rings. The van der Waals surface area contributed by atoms with Crippen LogP contribution in [0.1, 0.15) is 36.2 Å². The minimum absolute atomic E-state index is 0.167. The van der Waals surface area contributed by atoms with Gasteiger partial charge in [0.1, 0.15) is 0 Å². The maximum Gasteiger partial charge on any atom is 0.335 e. The number of rotatable bonds is 4. The molecule has 0 aliphatic carbocycles. The molecule has 0 unspecified atom stereocenters. The van der Waals surface area contributed by atoms with Crippen LogP contribution in [0.4, 0.5) is 5.69 Å². The Bertz CT molecular complexity index is 504. The molecule has 0 saturated heterocycles. The van der Waals surface area contributed by atoms with E-state index in [1.807, 2.05) is 13.0 Å². The maximum atomic E-state index is 11.7. The van der Waals surface area contributed by atoms with Gasteiger partial charge < -0.3 is 10.4 Å². The zero-order valence-corrected chi connectivity index (χ0v) is 10.8. The monoisotopic (exact) mass is 247 g/mol. The van der Waals surface area contributed by atoms with Gasteiger partial charge in [-0.25, -0.2) is 4.79 Å². The molecule has 1 amide bonds. The summed E-state index contributed by atoms with van der Waals surface area (Å²) in [5.41, 5.74) is 2.12. The topological polar surface area (TPSA) is 66.4 Å². The summed E-state index contributed by atoms with van der Waals surface area (Å²) in [4.78, 5) is 22.6. The van der Waals surface area contributed by atoms with Crippen molar-refractivity contribution in [3.8, 4) is 0 Å². The Labute approximate surface area is 106 Å². The fourth-order valence-corrected chi connectivity index (χ4v) is 1.61. The minimum Gasteiger partial charge on any atom is -0.478 e. The molecule has 0 atom stereocenters. The maximum absolute atomic E-state index is 11.7. The van der Waals surface area contributed by atoms with Crippen LogP contribution in [0.3, 0.4) is 0 Å². The van der Waals surface area contributed by atoms with Crippen molar-refractivity contribution in [3.05, 3.63) is 41.0 Å². The standard InChI is InChI=1S/C14H17NO3/c1-4-5-9(2)13(16)15-11-6-7-12(14(17)18)10(3)8-11/h5-8H,4H2,1-3H3,(H,15,16)(H,17,18). The highest BCUT2D eigenvalue weighted by Gasteiger charge is 2.09. The molecule has 0 heterocycles. The van der Waals surface area contributed by atoms with Crippen molar-refractivity contribution < 1.29 is 14.7 Å². The largest absolute Gasteiger partial charge is 0.478 e. The van der Waals surface area contributed by atoms with Crippen LogP contribution < -0.4 is 5.32 Å². The number of aryl methyl sites for hydroxylation is 1. The van der Waals surface area contributed by atoms with Crippen molar-refractivity contribution in [3.63, 3.8) is 0 Å². The van der Waals surface area contributed by atoms with Crippen molar-refractivity contribution in [2.45, 2.75) is 27.2 Å².